The number of aryl methyl sites for hydroxylation is 2. The number of rotatable bonds is 5. The van der Waals surface area contributed by atoms with Gasteiger partial charge in [0.2, 0.25) is 0 Å². The highest BCUT2D eigenvalue weighted by Crippen LogP contribution is 2.28. The zero-order valence-electron chi connectivity index (χ0n) is 21.9. The Hall–Kier alpha value is -3.61. The normalized spacial score (nSPS) is 11.8. The average Bonchev–Trinajstić information content (AvgIpc) is 3.25. The van der Waals surface area contributed by atoms with Crippen LogP contribution >= 0.6 is 23.2 Å². The van der Waals surface area contributed by atoms with Crippen molar-refractivity contribution in [2.75, 3.05) is 0 Å². The monoisotopic (exact) mass is 546 g/mol. The third-order valence-electron chi connectivity index (χ3n) is 6.51. The molecule has 0 amide bonds. The van der Waals surface area contributed by atoms with Crippen molar-refractivity contribution in [3.8, 4) is 22.7 Å². The molecular weight excluding hydrogens is 519 g/mol. The summed E-state index contributed by atoms with van der Waals surface area (Å²) in [6.45, 7) is 10.7. The highest BCUT2D eigenvalue weighted by Gasteiger charge is 2.19. The molecule has 0 aliphatic rings. The minimum atomic E-state index is -0.216. The summed E-state index contributed by atoms with van der Waals surface area (Å²) in [6, 6.07) is 19.2. The van der Waals surface area contributed by atoms with Crippen LogP contribution in [0, 0.1) is 13.8 Å². The first-order valence-electron chi connectivity index (χ1n) is 12.3. The number of hydrogen-bond donors (Lipinski definition) is 0. The number of fused-ring (bicyclic) bond motifs is 1. The van der Waals surface area contributed by atoms with Gasteiger partial charge < -0.3 is 4.74 Å². The summed E-state index contributed by atoms with van der Waals surface area (Å²) in [5.41, 5.74) is 5.77. The average molecular weight is 547 g/mol. The third kappa shape index (κ3) is 4.94. The molecule has 0 aliphatic heterocycles. The van der Waals surface area contributed by atoms with Crippen LogP contribution in [0.1, 0.15) is 43.3 Å². The molecule has 194 valence electrons. The second-order valence-electron chi connectivity index (χ2n) is 10.4. The van der Waals surface area contributed by atoms with Gasteiger partial charge in [0.05, 0.1) is 27.0 Å². The molecule has 3 aromatic heterocycles. The van der Waals surface area contributed by atoms with Crippen molar-refractivity contribution in [2.45, 2.75) is 46.6 Å². The Labute approximate surface area is 231 Å². The Morgan fingerprint density at radius 2 is 1.68 bits per heavy atom. The van der Waals surface area contributed by atoms with Crippen molar-refractivity contribution in [2.24, 2.45) is 0 Å². The fourth-order valence-corrected chi connectivity index (χ4v) is 4.68. The van der Waals surface area contributed by atoms with Crippen molar-refractivity contribution >= 4 is 28.8 Å². The summed E-state index contributed by atoms with van der Waals surface area (Å²) in [6.07, 6.45) is 1.70. The molecular formula is C30H28Cl2N4O2. The van der Waals surface area contributed by atoms with E-state index in [1.54, 1.807) is 29.1 Å². The van der Waals surface area contributed by atoms with Gasteiger partial charge in [0.25, 0.3) is 5.56 Å². The molecule has 3 heterocycles. The highest BCUT2D eigenvalue weighted by molar-refractivity contribution is 6.42. The van der Waals surface area contributed by atoms with Gasteiger partial charge in [-0.1, -0.05) is 68.2 Å². The van der Waals surface area contributed by atoms with Gasteiger partial charge in [-0.15, -0.1) is 0 Å². The van der Waals surface area contributed by atoms with Gasteiger partial charge >= 0.3 is 0 Å². The summed E-state index contributed by atoms with van der Waals surface area (Å²) in [5, 5.41) is 5.60. The van der Waals surface area contributed by atoms with Gasteiger partial charge in [-0.05, 0) is 66.8 Å². The lowest BCUT2D eigenvalue weighted by molar-refractivity contribution is 0.307. The first kappa shape index (κ1) is 26.0. The first-order valence-corrected chi connectivity index (χ1v) is 13.0. The van der Waals surface area contributed by atoms with Crippen LogP contribution in [-0.4, -0.2) is 19.2 Å². The molecule has 0 saturated carbocycles. The van der Waals surface area contributed by atoms with E-state index in [1.165, 1.54) is 9.96 Å². The number of halogens is 2. The molecule has 0 fully saturated rings. The molecule has 38 heavy (non-hydrogen) atoms. The van der Waals surface area contributed by atoms with Crippen molar-refractivity contribution in [1.29, 1.82) is 0 Å². The van der Waals surface area contributed by atoms with E-state index in [0.29, 0.717) is 45.0 Å². The van der Waals surface area contributed by atoms with E-state index in [0.717, 1.165) is 16.9 Å². The van der Waals surface area contributed by atoms with Crippen LogP contribution in [0.4, 0.5) is 0 Å². The highest BCUT2D eigenvalue weighted by atomic mass is 35.5. The number of pyridine rings is 1. The van der Waals surface area contributed by atoms with E-state index in [9.17, 15) is 4.79 Å². The largest absolute Gasteiger partial charge is 0.485 e. The van der Waals surface area contributed by atoms with Gasteiger partial charge in [-0.3, -0.25) is 9.20 Å². The second kappa shape index (κ2) is 9.93. The molecule has 0 spiro atoms. The molecule has 0 atom stereocenters. The van der Waals surface area contributed by atoms with Gasteiger partial charge in [-0.2, -0.15) is 5.10 Å². The molecule has 2 aromatic carbocycles. The lowest BCUT2D eigenvalue weighted by atomic mass is 9.87. The topological polar surface area (TPSA) is 61.4 Å². The molecule has 5 aromatic rings. The standard InChI is InChI=1S/C30H28Cl2N4O2/c1-18-15-25(34-36(18)22-12-13-23(31)24(32)16-22)27-19(2)33-28-26(7-6-14-35(28)29(27)37)38-17-20-8-10-21(11-9-20)30(3,4)5/h6-16H,17H2,1-5H3. The van der Waals surface area contributed by atoms with Crippen LogP contribution in [0.3, 0.4) is 0 Å². The lowest BCUT2D eigenvalue weighted by Crippen LogP contribution is -2.19. The van der Waals surface area contributed by atoms with E-state index in [-0.39, 0.29) is 11.0 Å². The molecule has 0 saturated heterocycles. The van der Waals surface area contributed by atoms with Gasteiger partial charge in [0.1, 0.15) is 12.3 Å². The fourth-order valence-electron chi connectivity index (χ4n) is 4.39. The molecule has 5 rings (SSSR count). The summed E-state index contributed by atoms with van der Waals surface area (Å²) in [5.74, 6) is 0.539. The molecule has 0 unspecified atom stereocenters. The zero-order valence-corrected chi connectivity index (χ0v) is 23.4. The van der Waals surface area contributed by atoms with Crippen molar-refractivity contribution in [3.05, 3.63) is 110 Å². The maximum atomic E-state index is 13.6. The molecule has 0 bridgehead atoms. The van der Waals surface area contributed by atoms with Crippen molar-refractivity contribution in [1.82, 2.24) is 19.2 Å². The van der Waals surface area contributed by atoms with Gasteiger partial charge in [0, 0.05) is 11.9 Å². The second-order valence-corrected chi connectivity index (χ2v) is 11.2. The SMILES string of the molecule is Cc1nc2c(OCc3ccc(C(C)(C)C)cc3)cccn2c(=O)c1-c1cc(C)n(-c2ccc(Cl)c(Cl)c2)n1. The molecule has 6 nitrogen and oxygen atoms in total. The number of benzene rings is 2. The summed E-state index contributed by atoms with van der Waals surface area (Å²) < 4.78 is 9.36. The fraction of sp³-hybridized carbons (Fsp3) is 0.233. The van der Waals surface area contributed by atoms with E-state index >= 15 is 0 Å². The molecule has 0 N–H and O–H groups in total. The number of aromatic nitrogens is 4. The minimum Gasteiger partial charge on any atom is -0.485 e. The lowest BCUT2D eigenvalue weighted by Gasteiger charge is -2.19. The quantitative estimate of drug-likeness (QED) is 0.231. The van der Waals surface area contributed by atoms with Crippen LogP contribution in [0.25, 0.3) is 22.6 Å². The predicted molar refractivity (Wildman–Crippen MR) is 153 cm³/mol. The van der Waals surface area contributed by atoms with E-state index in [2.05, 4.69) is 45.0 Å². The number of nitrogens with zero attached hydrogens (tertiary/aromatic N) is 4. The van der Waals surface area contributed by atoms with Crippen molar-refractivity contribution < 1.29 is 4.74 Å². The molecule has 0 aliphatic carbocycles. The number of hydrogen-bond acceptors (Lipinski definition) is 4. The van der Waals surface area contributed by atoms with Gasteiger partial charge in [-0.25, -0.2) is 9.67 Å². The Balaban J connectivity index is 1.48. The van der Waals surface area contributed by atoms with Crippen LogP contribution in [0.2, 0.25) is 10.0 Å². The van der Waals surface area contributed by atoms with Crippen LogP contribution < -0.4 is 10.3 Å². The van der Waals surface area contributed by atoms with E-state index in [4.69, 9.17) is 38.0 Å². The summed E-state index contributed by atoms with van der Waals surface area (Å²) >= 11 is 12.3. The first-order chi connectivity index (χ1) is 18.0. The Morgan fingerprint density at radius 1 is 0.947 bits per heavy atom. The van der Waals surface area contributed by atoms with Crippen LogP contribution in [-0.2, 0) is 12.0 Å². The van der Waals surface area contributed by atoms with Crippen LogP contribution in [0.5, 0.6) is 5.75 Å². The summed E-state index contributed by atoms with van der Waals surface area (Å²) in [4.78, 5) is 18.4. The molecule has 8 heteroatoms. The van der Waals surface area contributed by atoms with E-state index in [1.807, 2.05) is 32.0 Å². The third-order valence-corrected chi connectivity index (χ3v) is 7.24. The minimum absolute atomic E-state index is 0.0889. The number of ether oxygens (including phenoxy) is 1. The summed E-state index contributed by atoms with van der Waals surface area (Å²) in [7, 11) is 0. The maximum absolute atomic E-state index is 13.6. The van der Waals surface area contributed by atoms with E-state index < -0.39 is 0 Å². The smallest absolute Gasteiger partial charge is 0.267 e. The predicted octanol–water partition coefficient (Wildman–Crippen LogP) is 7.35. The van der Waals surface area contributed by atoms with Gasteiger partial charge in [0.15, 0.2) is 11.4 Å². The maximum Gasteiger partial charge on any atom is 0.267 e. The van der Waals surface area contributed by atoms with Crippen LogP contribution in [0.15, 0.2) is 71.7 Å². The Kier molecular flexibility index (Phi) is 6.80. The Bertz CT molecular complexity index is 1710. The molecule has 0 radical (unpaired) electrons. The van der Waals surface area contributed by atoms with Crippen molar-refractivity contribution in [3.63, 3.8) is 0 Å². The zero-order chi connectivity index (χ0) is 27.2. The Morgan fingerprint density at radius 3 is 2.37 bits per heavy atom.